The number of ether oxygens (including phenoxy) is 1. The Labute approximate surface area is 104 Å². The van der Waals surface area contributed by atoms with Crippen LogP contribution in [0, 0.1) is 12.3 Å². The maximum Gasteiger partial charge on any atom is 0.149 e. The minimum absolute atomic E-state index is 0.161. The number of nitrogens with two attached hydrogens (primary N) is 1. The molecular weight excluding hydrogens is 214 g/mol. The van der Waals surface area contributed by atoms with E-state index in [1.165, 1.54) is 0 Å². The number of nitrogen functional groups attached to an aromatic ring is 1. The molecule has 1 aromatic heterocycles. The van der Waals surface area contributed by atoms with Gasteiger partial charge in [0.25, 0.3) is 0 Å². The monoisotopic (exact) mass is 237 g/mol. The Bertz CT molecular complexity index is 364. The molecule has 1 heterocycles. The van der Waals surface area contributed by atoms with Crippen molar-refractivity contribution < 1.29 is 4.74 Å². The van der Waals surface area contributed by atoms with Gasteiger partial charge in [-0.2, -0.15) is 0 Å². The summed E-state index contributed by atoms with van der Waals surface area (Å²) >= 11 is 0. The van der Waals surface area contributed by atoms with Crippen LogP contribution in [-0.2, 0) is 4.74 Å². The third-order valence-corrected chi connectivity index (χ3v) is 2.93. The molecule has 0 aliphatic carbocycles. The summed E-state index contributed by atoms with van der Waals surface area (Å²) in [4.78, 5) is 4.26. The molecule has 0 fully saturated rings. The zero-order valence-corrected chi connectivity index (χ0v) is 11.2. The molecule has 0 amide bonds. The Morgan fingerprint density at radius 3 is 2.82 bits per heavy atom. The van der Waals surface area contributed by atoms with Crippen molar-refractivity contribution in [2.75, 3.05) is 31.3 Å². The van der Waals surface area contributed by atoms with Gasteiger partial charge in [0, 0.05) is 26.5 Å². The van der Waals surface area contributed by atoms with E-state index < -0.39 is 0 Å². The zero-order chi connectivity index (χ0) is 12.9. The minimum atomic E-state index is 0.161. The molecule has 0 atom stereocenters. The van der Waals surface area contributed by atoms with E-state index in [1.54, 1.807) is 13.3 Å². The highest BCUT2D eigenvalue weighted by Crippen LogP contribution is 2.24. The quantitative estimate of drug-likeness (QED) is 0.798. The van der Waals surface area contributed by atoms with Crippen molar-refractivity contribution in [1.29, 1.82) is 0 Å². The number of nitrogens with zero attached hydrogens (tertiary/aromatic N) is 1. The summed E-state index contributed by atoms with van der Waals surface area (Å²) in [6.45, 7) is 7.98. The van der Waals surface area contributed by atoms with Gasteiger partial charge in [0.2, 0.25) is 0 Å². The summed E-state index contributed by atoms with van der Waals surface area (Å²) in [7, 11) is 1.73. The van der Waals surface area contributed by atoms with Gasteiger partial charge in [-0.25, -0.2) is 4.98 Å². The van der Waals surface area contributed by atoms with Crippen LogP contribution < -0.4 is 11.1 Å². The number of nitrogens with one attached hydrogen (secondary N) is 1. The fraction of sp³-hybridized carbons (Fsp3) is 0.615. The SMILES string of the molecule is COCCC(C)(C)CNc1nccc(C)c1N. The number of hydrogen-bond acceptors (Lipinski definition) is 4. The normalized spacial score (nSPS) is 11.5. The van der Waals surface area contributed by atoms with Gasteiger partial charge in [-0.3, -0.25) is 0 Å². The lowest BCUT2D eigenvalue weighted by atomic mass is 9.90. The van der Waals surface area contributed by atoms with Crippen LogP contribution in [0.5, 0.6) is 0 Å². The summed E-state index contributed by atoms with van der Waals surface area (Å²) in [6, 6.07) is 1.91. The molecule has 1 aromatic rings. The summed E-state index contributed by atoms with van der Waals surface area (Å²) in [5, 5.41) is 3.31. The maximum atomic E-state index is 5.96. The Morgan fingerprint density at radius 2 is 2.18 bits per heavy atom. The molecule has 0 saturated carbocycles. The highest BCUT2D eigenvalue weighted by atomic mass is 16.5. The molecule has 1 rings (SSSR count). The first-order valence-corrected chi connectivity index (χ1v) is 5.90. The molecule has 0 aliphatic heterocycles. The molecule has 0 radical (unpaired) electrons. The highest BCUT2D eigenvalue weighted by Gasteiger charge is 2.18. The smallest absolute Gasteiger partial charge is 0.149 e. The van der Waals surface area contributed by atoms with E-state index in [4.69, 9.17) is 10.5 Å². The highest BCUT2D eigenvalue weighted by molar-refractivity contribution is 5.64. The molecule has 0 saturated heterocycles. The second kappa shape index (κ2) is 5.87. The molecule has 4 heteroatoms. The van der Waals surface area contributed by atoms with Crippen molar-refractivity contribution in [2.45, 2.75) is 27.2 Å². The van der Waals surface area contributed by atoms with Gasteiger partial charge in [-0.1, -0.05) is 13.8 Å². The molecule has 0 spiro atoms. The van der Waals surface area contributed by atoms with Crippen LogP contribution in [0.2, 0.25) is 0 Å². The van der Waals surface area contributed by atoms with Crippen molar-refractivity contribution in [3.05, 3.63) is 17.8 Å². The van der Waals surface area contributed by atoms with Crippen molar-refractivity contribution in [2.24, 2.45) is 5.41 Å². The number of pyridine rings is 1. The van der Waals surface area contributed by atoms with Gasteiger partial charge in [0.1, 0.15) is 5.82 Å². The van der Waals surface area contributed by atoms with Gasteiger partial charge in [-0.05, 0) is 30.4 Å². The molecular formula is C13H23N3O. The van der Waals surface area contributed by atoms with Gasteiger partial charge >= 0.3 is 0 Å². The first-order valence-electron chi connectivity index (χ1n) is 5.90. The number of anilines is 2. The van der Waals surface area contributed by atoms with E-state index in [1.807, 2.05) is 13.0 Å². The average Bonchev–Trinajstić information content (AvgIpc) is 2.29. The predicted octanol–water partition coefficient (Wildman–Crippen LogP) is 2.45. The largest absolute Gasteiger partial charge is 0.396 e. The van der Waals surface area contributed by atoms with Gasteiger partial charge < -0.3 is 15.8 Å². The number of hydrogen-bond donors (Lipinski definition) is 2. The van der Waals surface area contributed by atoms with Crippen LogP contribution in [-0.4, -0.2) is 25.2 Å². The lowest BCUT2D eigenvalue weighted by Gasteiger charge is -2.25. The van der Waals surface area contributed by atoms with Crippen LogP contribution in [0.1, 0.15) is 25.8 Å². The number of aromatic nitrogens is 1. The van der Waals surface area contributed by atoms with Crippen molar-refractivity contribution >= 4 is 11.5 Å². The summed E-state index contributed by atoms with van der Waals surface area (Å²) in [6.07, 6.45) is 2.78. The van der Waals surface area contributed by atoms with E-state index in [2.05, 4.69) is 24.1 Å². The maximum absolute atomic E-state index is 5.96. The van der Waals surface area contributed by atoms with E-state index in [9.17, 15) is 0 Å². The average molecular weight is 237 g/mol. The second-order valence-corrected chi connectivity index (χ2v) is 5.15. The Balaban J connectivity index is 2.58. The van der Waals surface area contributed by atoms with Crippen molar-refractivity contribution in [3.63, 3.8) is 0 Å². The molecule has 4 nitrogen and oxygen atoms in total. The molecule has 0 unspecified atom stereocenters. The fourth-order valence-corrected chi connectivity index (χ4v) is 1.50. The molecule has 0 aliphatic rings. The number of rotatable bonds is 6. The van der Waals surface area contributed by atoms with Crippen molar-refractivity contribution in [3.8, 4) is 0 Å². The van der Waals surface area contributed by atoms with E-state index >= 15 is 0 Å². The summed E-state index contributed by atoms with van der Waals surface area (Å²) < 4.78 is 5.10. The predicted molar refractivity (Wildman–Crippen MR) is 72.2 cm³/mol. The second-order valence-electron chi connectivity index (χ2n) is 5.15. The lowest BCUT2D eigenvalue weighted by molar-refractivity contribution is 0.157. The lowest BCUT2D eigenvalue weighted by Crippen LogP contribution is -2.25. The van der Waals surface area contributed by atoms with Crippen LogP contribution >= 0.6 is 0 Å². The summed E-state index contributed by atoms with van der Waals surface area (Å²) in [5.74, 6) is 0.774. The first kappa shape index (κ1) is 13.8. The Morgan fingerprint density at radius 1 is 1.47 bits per heavy atom. The Kier molecular flexibility index (Phi) is 4.75. The van der Waals surface area contributed by atoms with Crippen molar-refractivity contribution in [1.82, 2.24) is 4.98 Å². The first-order chi connectivity index (χ1) is 7.96. The minimum Gasteiger partial charge on any atom is -0.396 e. The number of methoxy groups -OCH3 is 1. The van der Waals surface area contributed by atoms with Gasteiger partial charge in [0.05, 0.1) is 5.69 Å². The van der Waals surface area contributed by atoms with Crippen LogP contribution in [0.4, 0.5) is 11.5 Å². The van der Waals surface area contributed by atoms with Gasteiger partial charge in [0.15, 0.2) is 0 Å². The van der Waals surface area contributed by atoms with E-state index in [0.717, 1.165) is 36.6 Å². The fourth-order valence-electron chi connectivity index (χ4n) is 1.50. The van der Waals surface area contributed by atoms with Crippen LogP contribution in [0.3, 0.4) is 0 Å². The van der Waals surface area contributed by atoms with E-state index in [-0.39, 0.29) is 5.41 Å². The summed E-state index contributed by atoms with van der Waals surface area (Å²) in [5.41, 5.74) is 7.91. The van der Waals surface area contributed by atoms with Gasteiger partial charge in [-0.15, -0.1) is 0 Å². The topological polar surface area (TPSA) is 60.2 Å². The third kappa shape index (κ3) is 4.23. The van der Waals surface area contributed by atoms with E-state index in [0.29, 0.717) is 0 Å². The standard InChI is InChI=1S/C13H23N3O/c1-10-5-7-15-12(11(10)14)16-9-13(2,3)6-8-17-4/h5,7H,6,8-9,14H2,1-4H3,(H,15,16). The number of aryl methyl sites for hydroxylation is 1. The molecule has 0 bridgehead atoms. The zero-order valence-electron chi connectivity index (χ0n) is 11.2. The molecule has 3 N–H and O–H groups in total. The Hall–Kier alpha value is -1.29. The van der Waals surface area contributed by atoms with Crippen LogP contribution in [0.25, 0.3) is 0 Å². The molecule has 96 valence electrons. The molecule has 17 heavy (non-hydrogen) atoms. The van der Waals surface area contributed by atoms with Crippen LogP contribution in [0.15, 0.2) is 12.3 Å². The molecule has 0 aromatic carbocycles. The third-order valence-electron chi connectivity index (χ3n) is 2.93.